The van der Waals surface area contributed by atoms with Crippen molar-refractivity contribution in [1.29, 1.82) is 0 Å². The van der Waals surface area contributed by atoms with Gasteiger partial charge >= 0.3 is 0 Å². The van der Waals surface area contributed by atoms with E-state index in [1.807, 2.05) is 31.2 Å². The molecule has 0 aromatic heterocycles. The number of hydroxylamine groups is 1. The van der Waals surface area contributed by atoms with E-state index in [2.05, 4.69) is 5.48 Å². The molecule has 1 fully saturated rings. The SMILES string of the molecule is Cc1ccc(C2=NC3(CCN(C(=O)COc4ccc(F)cc4)CC3)ON2)cc1. The van der Waals surface area contributed by atoms with E-state index in [1.165, 1.54) is 29.8 Å². The van der Waals surface area contributed by atoms with Crippen LogP contribution in [0.2, 0.25) is 0 Å². The van der Waals surface area contributed by atoms with Gasteiger partial charge in [-0.2, -0.15) is 0 Å². The molecular weight excluding hydrogens is 361 g/mol. The van der Waals surface area contributed by atoms with Crippen LogP contribution < -0.4 is 10.2 Å². The standard InChI is InChI=1S/C21H22FN3O3/c1-15-2-4-16(5-3-15)20-23-21(28-24-20)10-12-25(13-11-21)19(26)14-27-18-8-6-17(22)7-9-18/h2-9H,10-14H2,1H3,(H,23,24). The molecule has 0 unspecified atom stereocenters. The van der Waals surface area contributed by atoms with E-state index in [0.717, 1.165) is 11.4 Å². The van der Waals surface area contributed by atoms with Crippen LogP contribution in [0.4, 0.5) is 4.39 Å². The maximum atomic E-state index is 12.9. The molecule has 2 aromatic rings. The number of rotatable bonds is 4. The summed E-state index contributed by atoms with van der Waals surface area (Å²) in [6.45, 7) is 3.05. The number of hydrogen-bond acceptors (Lipinski definition) is 5. The smallest absolute Gasteiger partial charge is 0.260 e. The third-order valence-corrected chi connectivity index (χ3v) is 5.05. The lowest BCUT2D eigenvalue weighted by Crippen LogP contribution is -2.47. The minimum Gasteiger partial charge on any atom is -0.484 e. The summed E-state index contributed by atoms with van der Waals surface area (Å²) >= 11 is 0. The van der Waals surface area contributed by atoms with Gasteiger partial charge in [-0.05, 0) is 31.2 Å². The number of amidine groups is 1. The molecule has 1 N–H and O–H groups in total. The average molecular weight is 383 g/mol. The molecule has 28 heavy (non-hydrogen) atoms. The first kappa shape index (κ1) is 18.4. The van der Waals surface area contributed by atoms with Gasteiger partial charge in [0.2, 0.25) is 0 Å². The minimum absolute atomic E-state index is 0.0738. The quantitative estimate of drug-likeness (QED) is 0.882. The van der Waals surface area contributed by atoms with Gasteiger partial charge in [-0.1, -0.05) is 29.8 Å². The van der Waals surface area contributed by atoms with Crippen LogP contribution in [-0.2, 0) is 9.63 Å². The Morgan fingerprint density at radius 1 is 1.18 bits per heavy atom. The second kappa shape index (κ2) is 7.59. The number of halogens is 1. The molecule has 0 radical (unpaired) electrons. The highest BCUT2D eigenvalue weighted by atomic mass is 19.1. The highest BCUT2D eigenvalue weighted by Gasteiger charge is 2.41. The molecule has 0 saturated carbocycles. The molecule has 1 amide bonds. The zero-order chi connectivity index (χ0) is 19.6. The second-order valence-electron chi connectivity index (χ2n) is 7.10. The fraction of sp³-hybridized carbons (Fsp3) is 0.333. The topological polar surface area (TPSA) is 63.2 Å². The molecule has 2 aliphatic heterocycles. The molecular formula is C21H22FN3O3. The van der Waals surface area contributed by atoms with Gasteiger partial charge in [0.15, 0.2) is 18.2 Å². The molecule has 4 rings (SSSR count). The Balaban J connectivity index is 1.32. The van der Waals surface area contributed by atoms with Crippen LogP contribution in [-0.4, -0.2) is 42.1 Å². The maximum Gasteiger partial charge on any atom is 0.260 e. The number of piperidine rings is 1. The number of hydrogen-bond donors (Lipinski definition) is 1. The van der Waals surface area contributed by atoms with Crippen LogP contribution in [0.25, 0.3) is 0 Å². The summed E-state index contributed by atoms with van der Waals surface area (Å²) in [5.74, 6) is 0.752. The number of nitrogens with zero attached hydrogens (tertiary/aromatic N) is 2. The number of carbonyl (C=O) groups excluding carboxylic acids is 1. The van der Waals surface area contributed by atoms with Crippen LogP contribution in [0.3, 0.4) is 0 Å². The van der Waals surface area contributed by atoms with Crippen LogP contribution in [0, 0.1) is 12.7 Å². The van der Waals surface area contributed by atoms with Crippen molar-refractivity contribution in [3.63, 3.8) is 0 Å². The van der Waals surface area contributed by atoms with E-state index in [1.54, 1.807) is 4.90 Å². The monoisotopic (exact) mass is 383 g/mol. The van der Waals surface area contributed by atoms with E-state index < -0.39 is 5.72 Å². The molecule has 2 heterocycles. The fourth-order valence-electron chi connectivity index (χ4n) is 3.31. The van der Waals surface area contributed by atoms with Gasteiger partial charge in [-0.15, -0.1) is 0 Å². The fourth-order valence-corrected chi connectivity index (χ4v) is 3.31. The zero-order valence-electron chi connectivity index (χ0n) is 15.7. The summed E-state index contributed by atoms with van der Waals surface area (Å²) in [5, 5.41) is 0. The van der Waals surface area contributed by atoms with Gasteiger partial charge in [0.05, 0.1) is 0 Å². The van der Waals surface area contributed by atoms with Crippen LogP contribution in [0.1, 0.15) is 24.0 Å². The van der Waals surface area contributed by atoms with Crippen molar-refractivity contribution in [2.24, 2.45) is 4.99 Å². The summed E-state index contributed by atoms with van der Waals surface area (Å²) in [6.07, 6.45) is 1.22. The van der Waals surface area contributed by atoms with E-state index >= 15 is 0 Å². The first-order valence-corrected chi connectivity index (χ1v) is 9.30. The average Bonchev–Trinajstić information content (AvgIpc) is 3.12. The first-order chi connectivity index (χ1) is 13.5. The third kappa shape index (κ3) is 3.99. The number of amides is 1. The third-order valence-electron chi connectivity index (χ3n) is 5.05. The number of likely N-dealkylation sites (tertiary alicyclic amines) is 1. The lowest BCUT2D eigenvalue weighted by Gasteiger charge is -2.35. The Labute approximate surface area is 162 Å². The summed E-state index contributed by atoms with van der Waals surface area (Å²) in [7, 11) is 0. The zero-order valence-corrected chi connectivity index (χ0v) is 15.7. The van der Waals surface area contributed by atoms with E-state index in [9.17, 15) is 9.18 Å². The lowest BCUT2D eigenvalue weighted by molar-refractivity contribution is -0.141. The Hall–Kier alpha value is -2.93. The Kier molecular flexibility index (Phi) is 5.00. The minimum atomic E-state index is -0.630. The first-order valence-electron chi connectivity index (χ1n) is 9.30. The van der Waals surface area contributed by atoms with Gasteiger partial charge in [0.1, 0.15) is 11.6 Å². The molecule has 0 aliphatic carbocycles. The number of benzene rings is 2. The molecule has 2 aliphatic rings. The van der Waals surface area contributed by atoms with Gasteiger partial charge in [-0.25, -0.2) is 19.7 Å². The number of carbonyl (C=O) groups is 1. The molecule has 0 atom stereocenters. The summed E-state index contributed by atoms with van der Waals surface area (Å²) in [4.78, 5) is 24.7. The van der Waals surface area contributed by atoms with Gasteiger partial charge < -0.3 is 9.64 Å². The van der Waals surface area contributed by atoms with E-state index in [-0.39, 0.29) is 18.3 Å². The highest BCUT2D eigenvalue weighted by Crippen LogP contribution is 2.31. The van der Waals surface area contributed by atoms with Crippen LogP contribution in [0.5, 0.6) is 5.75 Å². The summed E-state index contributed by atoms with van der Waals surface area (Å²) in [6, 6.07) is 13.7. The number of nitrogens with one attached hydrogen (secondary N) is 1. The van der Waals surface area contributed by atoms with Gasteiger partial charge in [0.25, 0.3) is 5.91 Å². The predicted molar refractivity (Wildman–Crippen MR) is 102 cm³/mol. The van der Waals surface area contributed by atoms with Crippen molar-refractivity contribution in [2.45, 2.75) is 25.5 Å². The van der Waals surface area contributed by atoms with Crippen molar-refractivity contribution in [1.82, 2.24) is 10.4 Å². The number of aliphatic imine (C=N–C) groups is 1. The molecule has 2 aromatic carbocycles. The predicted octanol–water partition coefficient (Wildman–Crippen LogP) is 2.81. The number of aryl methyl sites for hydroxylation is 1. The largest absolute Gasteiger partial charge is 0.484 e. The maximum absolute atomic E-state index is 12.9. The van der Waals surface area contributed by atoms with Gasteiger partial charge in [0, 0.05) is 31.5 Å². The Bertz CT molecular complexity index is 873. The van der Waals surface area contributed by atoms with Crippen molar-refractivity contribution < 1.29 is 18.8 Å². The van der Waals surface area contributed by atoms with E-state index in [4.69, 9.17) is 14.6 Å². The van der Waals surface area contributed by atoms with Crippen molar-refractivity contribution in [3.8, 4) is 5.75 Å². The molecule has 1 spiro atoms. The second-order valence-corrected chi connectivity index (χ2v) is 7.10. The summed E-state index contributed by atoms with van der Waals surface area (Å²) < 4.78 is 18.4. The van der Waals surface area contributed by atoms with Crippen molar-refractivity contribution in [2.75, 3.05) is 19.7 Å². The molecule has 1 saturated heterocycles. The molecule has 0 bridgehead atoms. The van der Waals surface area contributed by atoms with Crippen molar-refractivity contribution in [3.05, 3.63) is 65.5 Å². The van der Waals surface area contributed by atoms with Crippen LogP contribution in [0.15, 0.2) is 53.5 Å². The van der Waals surface area contributed by atoms with Gasteiger partial charge in [-0.3, -0.25) is 4.79 Å². The normalized spacial score (nSPS) is 17.9. The number of ether oxygens (including phenoxy) is 1. The van der Waals surface area contributed by atoms with E-state index in [0.29, 0.717) is 31.7 Å². The summed E-state index contributed by atoms with van der Waals surface area (Å²) in [5.41, 5.74) is 4.48. The lowest BCUT2D eigenvalue weighted by atomic mass is 10.0. The highest BCUT2D eigenvalue weighted by molar-refractivity contribution is 5.99. The van der Waals surface area contributed by atoms with Crippen LogP contribution >= 0.6 is 0 Å². The molecule has 7 heteroatoms. The Morgan fingerprint density at radius 2 is 1.86 bits per heavy atom. The molecule has 6 nitrogen and oxygen atoms in total. The Morgan fingerprint density at radius 3 is 2.54 bits per heavy atom. The van der Waals surface area contributed by atoms with Crippen molar-refractivity contribution >= 4 is 11.7 Å². The molecule has 146 valence electrons.